The monoisotopic (exact) mass is 381 g/mol. The Morgan fingerprint density at radius 3 is 2.82 bits per heavy atom. The van der Waals surface area contributed by atoms with Crippen molar-refractivity contribution in [2.45, 2.75) is 26.4 Å². The molecule has 4 rings (SSSR count). The van der Waals surface area contributed by atoms with Crippen LogP contribution in [0.1, 0.15) is 18.1 Å². The van der Waals surface area contributed by atoms with Crippen LogP contribution in [0.4, 0.5) is 5.69 Å². The number of nitrogens with one attached hydrogen (secondary N) is 1. The first-order valence-corrected chi connectivity index (χ1v) is 8.86. The number of carbonyl (C=O) groups is 2. The minimum atomic E-state index is -0.946. The molecule has 3 aromatic rings. The smallest absolute Gasteiger partial charge is 0.311 e. The largest absolute Gasteiger partial charge is 0.464 e. The fraction of sp³-hybridized carbons (Fsp3) is 0.238. The van der Waals surface area contributed by atoms with E-state index in [0.717, 1.165) is 22.1 Å². The number of aryl methyl sites for hydroxylation is 1. The molecule has 7 heteroatoms. The van der Waals surface area contributed by atoms with Gasteiger partial charge < -0.3 is 23.9 Å². The fourth-order valence-electron chi connectivity index (χ4n) is 2.99. The lowest BCUT2D eigenvalue weighted by molar-refractivity contribution is -0.152. The highest BCUT2D eigenvalue weighted by atomic mass is 16.7. The summed E-state index contributed by atoms with van der Waals surface area (Å²) in [6, 6.07) is 10.8. The summed E-state index contributed by atoms with van der Waals surface area (Å²) >= 11 is 0. The van der Waals surface area contributed by atoms with Crippen molar-refractivity contribution >= 4 is 28.5 Å². The molecule has 1 aromatic heterocycles. The predicted octanol–water partition coefficient (Wildman–Crippen LogP) is 3.58. The van der Waals surface area contributed by atoms with Crippen LogP contribution in [0, 0.1) is 6.92 Å². The third kappa shape index (κ3) is 3.64. The topological polar surface area (TPSA) is 87.0 Å². The van der Waals surface area contributed by atoms with E-state index in [9.17, 15) is 9.59 Å². The second-order valence-electron chi connectivity index (χ2n) is 6.63. The van der Waals surface area contributed by atoms with Crippen molar-refractivity contribution < 1.29 is 28.2 Å². The molecule has 2 aromatic carbocycles. The Bertz CT molecular complexity index is 1050. The number of anilines is 1. The molecule has 0 fully saturated rings. The SMILES string of the molecule is Cc1ccc2c(CC(=O)OC(C)C(=O)Nc3ccc4c(c3)OCO4)coc2c1. The molecule has 1 aliphatic rings. The van der Waals surface area contributed by atoms with E-state index >= 15 is 0 Å². The van der Waals surface area contributed by atoms with Crippen LogP contribution in [0.5, 0.6) is 11.5 Å². The van der Waals surface area contributed by atoms with Gasteiger partial charge in [0.25, 0.3) is 5.91 Å². The summed E-state index contributed by atoms with van der Waals surface area (Å²) in [5.74, 6) is 0.251. The van der Waals surface area contributed by atoms with E-state index in [1.54, 1.807) is 24.5 Å². The van der Waals surface area contributed by atoms with E-state index in [4.69, 9.17) is 18.6 Å². The Kier molecular flexibility index (Phi) is 4.65. The average Bonchev–Trinajstić information content (AvgIpc) is 3.27. The lowest BCUT2D eigenvalue weighted by atomic mass is 10.1. The van der Waals surface area contributed by atoms with Crippen molar-refractivity contribution in [1.29, 1.82) is 0 Å². The van der Waals surface area contributed by atoms with Crippen LogP contribution < -0.4 is 14.8 Å². The highest BCUT2D eigenvalue weighted by Gasteiger charge is 2.21. The number of fused-ring (bicyclic) bond motifs is 2. The van der Waals surface area contributed by atoms with Crippen LogP contribution in [-0.2, 0) is 20.7 Å². The predicted molar refractivity (Wildman–Crippen MR) is 101 cm³/mol. The van der Waals surface area contributed by atoms with E-state index in [1.165, 1.54) is 6.92 Å². The van der Waals surface area contributed by atoms with Gasteiger partial charge in [-0.3, -0.25) is 9.59 Å². The minimum absolute atomic E-state index is 0.0255. The normalized spacial score (nSPS) is 13.4. The average molecular weight is 381 g/mol. The molecule has 0 spiro atoms. The van der Waals surface area contributed by atoms with Crippen molar-refractivity contribution in [3.8, 4) is 11.5 Å². The third-order valence-corrected chi connectivity index (χ3v) is 4.46. The van der Waals surface area contributed by atoms with Crippen LogP contribution in [0.2, 0.25) is 0 Å². The lowest BCUT2D eigenvalue weighted by Crippen LogP contribution is -2.30. The summed E-state index contributed by atoms with van der Waals surface area (Å²) in [5, 5.41) is 3.56. The first-order valence-electron chi connectivity index (χ1n) is 8.86. The Labute approximate surface area is 161 Å². The zero-order chi connectivity index (χ0) is 19.7. The quantitative estimate of drug-likeness (QED) is 0.680. The standard InChI is InChI=1S/C21H19NO6/c1-12-3-5-16-14(10-25-18(16)7-12)8-20(23)28-13(2)21(24)22-15-4-6-17-19(9-15)27-11-26-17/h3-7,9-10,13H,8,11H2,1-2H3,(H,22,24). The first kappa shape index (κ1) is 17.9. The van der Waals surface area contributed by atoms with Gasteiger partial charge in [0.2, 0.25) is 6.79 Å². The van der Waals surface area contributed by atoms with Crippen molar-refractivity contribution in [2.75, 3.05) is 12.1 Å². The molecule has 28 heavy (non-hydrogen) atoms. The minimum Gasteiger partial charge on any atom is -0.464 e. The van der Waals surface area contributed by atoms with Gasteiger partial charge in [-0.25, -0.2) is 0 Å². The number of furan rings is 1. The van der Waals surface area contributed by atoms with Crippen LogP contribution in [0.15, 0.2) is 47.1 Å². The molecule has 0 saturated carbocycles. The van der Waals surface area contributed by atoms with Gasteiger partial charge in [-0.1, -0.05) is 12.1 Å². The van der Waals surface area contributed by atoms with Gasteiger partial charge in [-0.2, -0.15) is 0 Å². The van der Waals surface area contributed by atoms with Gasteiger partial charge in [0.15, 0.2) is 17.6 Å². The van der Waals surface area contributed by atoms with Crippen molar-refractivity contribution in [1.82, 2.24) is 0 Å². The second kappa shape index (κ2) is 7.26. The number of carbonyl (C=O) groups excluding carboxylic acids is 2. The number of ether oxygens (including phenoxy) is 3. The lowest BCUT2D eigenvalue weighted by Gasteiger charge is -2.13. The third-order valence-electron chi connectivity index (χ3n) is 4.46. The maximum absolute atomic E-state index is 12.3. The number of hydrogen-bond donors (Lipinski definition) is 1. The molecule has 0 saturated heterocycles. The van der Waals surface area contributed by atoms with Gasteiger partial charge >= 0.3 is 5.97 Å². The Morgan fingerprint density at radius 1 is 1.14 bits per heavy atom. The van der Waals surface area contributed by atoms with Crippen LogP contribution in [0.25, 0.3) is 11.0 Å². The van der Waals surface area contributed by atoms with E-state index < -0.39 is 18.0 Å². The molecule has 0 aliphatic carbocycles. The molecule has 0 bridgehead atoms. The Morgan fingerprint density at radius 2 is 1.96 bits per heavy atom. The molecule has 2 heterocycles. The summed E-state index contributed by atoms with van der Waals surface area (Å²) in [5.41, 5.74) is 3.05. The molecule has 1 N–H and O–H groups in total. The zero-order valence-electron chi connectivity index (χ0n) is 15.5. The summed E-state index contributed by atoms with van der Waals surface area (Å²) in [6.45, 7) is 3.65. The fourth-order valence-corrected chi connectivity index (χ4v) is 2.99. The molecule has 1 aliphatic heterocycles. The van der Waals surface area contributed by atoms with Gasteiger partial charge in [0.05, 0.1) is 12.7 Å². The van der Waals surface area contributed by atoms with E-state index in [-0.39, 0.29) is 13.2 Å². The second-order valence-corrected chi connectivity index (χ2v) is 6.63. The van der Waals surface area contributed by atoms with Gasteiger partial charge in [0, 0.05) is 22.7 Å². The number of esters is 1. The van der Waals surface area contributed by atoms with E-state index in [0.29, 0.717) is 17.2 Å². The first-order chi connectivity index (χ1) is 13.5. The molecular formula is C21H19NO6. The van der Waals surface area contributed by atoms with Gasteiger partial charge in [0.1, 0.15) is 5.58 Å². The summed E-state index contributed by atoms with van der Waals surface area (Å²) in [7, 11) is 0. The summed E-state index contributed by atoms with van der Waals surface area (Å²) in [4.78, 5) is 24.6. The molecule has 7 nitrogen and oxygen atoms in total. The number of amides is 1. The maximum Gasteiger partial charge on any atom is 0.311 e. The molecule has 144 valence electrons. The summed E-state index contributed by atoms with van der Waals surface area (Å²) in [6.07, 6.45) is 0.624. The molecule has 1 atom stereocenters. The Hall–Kier alpha value is -3.48. The summed E-state index contributed by atoms with van der Waals surface area (Å²) < 4.78 is 21.3. The Balaban J connectivity index is 1.36. The maximum atomic E-state index is 12.3. The number of hydrogen-bond acceptors (Lipinski definition) is 6. The van der Waals surface area contributed by atoms with Crippen LogP contribution in [0.3, 0.4) is 0 Å². The van der Waals surface area contributed by atoms with E-state index in [2.05, 4.69) is 5.32 Å². The number of rotatable bonds is 5. The van der Waals surface area contributed by atoms with Gasteiger partial charge in [-0.05, 0) is 37.6 Å². The molecule has 1 amide bonds. The van der Waals surface area contributed by atoms with Crippen LogP contribution >= 0.6 is 0 Å². The highest BCUT2D eigenvalue weighted by molar-refractivity contribution is 5.95. The molecule has 1 unspecified atom stereocenters. The van der Waals surface area contributed by atoms with Crippen molar-refractivity contribution in [3.05, 3.63) is 53.8 Å². The van der Waals surface area contributed by atoms with Crippen molar-refractivity contribution in [3.63, 3.8) is 0 Å². The number of benzene rings is 2. The molecular weight excluding hydrogens is 362 g/mol. The van der Waals surface area contributed by atoms with Crippen molar-refractivity contribution in [2.24, 2.45) is 0 Å². The van der Waals surface area contributed by atoms with E-state index in [1.807, 2.05) is 25.1 Å². The van der Waals surface area contributed by atoms with Gasteiger partial charge in [-0.15, -0.1) is 0 Å². The zero-order valence-corrected chi connectivity index (χ0v) is 15.5. The van der Waals surface area contributed by atoms with Crippen LogP contribution in [-0.4, -0.2) is 24.8 Å². The molecule has 0 radical (unpaired) electrons. The highest BCUT2D eigenvalue weighted by Crippen LogP contribution is 2.34.